The maximum atomic E-state index is 2.82. The van der Waals surface area contributed by atoms with Crippen LogP contribution >= 0.6 is 22.6 Å². The van der Waals surface area contributed by atoms with Gasteiger partial charge in [0.1, 0.15) is 0 Å². The second kappa shape index (κ2) is 14.2. The Morgan fingerprint density at radius 2 is 1.26 bits per heavy atom. The van der Waals surface area contributed by atoms with Gasteiger partial charge in [0, 0.05) is 0 Å². The maximum absolute atomic E-state index is 2.82. The number of hydrogen-bond acceptors (Lipinski definition) is 0. The molecule has 0 saturated heterocycles. The molecule has 0 bridgehead atoms. The van der Waals surface area contributed by atoms with Crippen molar-refractivity contribution in [3.8, 4) is 0 Å². The molecule has 0 aromatic heterocycles. The van der Waals surface area contributed by atoms with E-state index < -0.39 is 18.4 Å². The van der Waals surface area contributed by atoms with E-state index in [2.05, 4.69) is 53.5 Å². The molecule has 0 radical (unpaired) electrons. The first kappa shape index (κ1) is 20.3. The van der Waals surface area contributed by atoms with E-state index in [1.165, 1.54) is 55.8 Å². The first-order valence-corrected chi connectivity index (χ1v) is 17.7. The fourth-order valence-corrected chi connectivity index (χ4v) is 17.7. The molecule has 0 aliphatic rings. The van der Waals surface area contributed by atoms with Crippen LogP contribution in [0.2, 0.25) is 13.3 Å². The Morgan fingerprint density at radius 3 is 1.63 bits per heavy atom. The monoisotopic (exact) mass is 486 g/mol. The number of unbranched alkanes of at least 4 members (excludes halogenated alkanes) is 4. The Kier molecular flexibility index (Phi) is 15.2. The van der Waals surface area contributed by atoms with E-state index in [-0.39, 0.29) is 0 Å². The van der Waals surface area contributed by atoms with Crippen molar-refractivity contribution in [1.29, 1.82) is 0 Å². The summed E-state index contributed by atoms with van der Waals surface area (Å²) < 4.78 is 8.98. The third kappa shape index (κ3) is 10.6. The molecule has 0 atom stereocenters. The summed E-state index contributed by atoms with van der Waals surface area (Å²) in [6, 6.07) is 0. The van der Waals surface area contributed by atoms with Crippen molar-refractivity contribution in [2.24, 2.45) is 0 Å². The Morgan fingerprint density at radius 1 is 0.789 bits per heavy atom. The molecule has 0 nitrogen and oxygen atoms in total. The van der Waals surface area contributed by atoms with Crippen molar-refractivity contribution in [2.75, 3.05) is 4.43 Å². The molecule has 0 unspecified atom stereocenters. The van der Waals surface area contributed by atoms with Crippen molar-refractivity contribution in [3.05, 3.63) is 10.2 Å². The predicted octanol–water partition coefficient (Wildman–Crippen LogP) is 7.15. The summed E-state index contributed by atoms with van der Waals surface area (Å²) in [6.07, 6.45) is 13.9. The second-order valence-corrected chi connectivity index (χ2v) is 20.0. The van der Waals surface area contributed by atoms with E-state index in [9.17, 15) is 0 Å². The summed E-state index contributed by atoms with van der Waals surface area (Å²) in [4.78, 5) is 0. The average Bonchev–Trinajstić information content (AvgIpc) is 2.44. The molecule has 0 rings (SSSR count). The molecule has 114 valence electrons. The summed E-state index contributed by atoms with van der Waals surface area (Å²) in [7, 11) is 0. The Bertz CT molecular complexity index is 192. The molecule has 0 aromatic rings. The third-order valence-electron chi connectivity index (χ3n) is 4.06. The van der Waals surface area contributed by atoms with Crippen LogP contribution in [-0.4, -0.2) is 22.8 Å². The minimum absolute atomic E-state index is 1.31. The summed E-state index contributed by atoms with van der Waals surface area (Å²) in [5.41, 5.74) is 0. The normalized spacial score (nSPS) is 12.4. The first-order valence-electron chi connectivity index (χ1n) is 8.48. The van der Waals surface area contributed by atoms with Crippen LogP contribution in [0.15, 0.2) is 10.2 Å². The van der Waals surface area contributed by atoms with Gasteiger partial charge in [0.2, 0.25) is 0 Å². The van der Waals surface area contributed by atoms with Crippen molar-refractivity contribution in [1.82, 2.24) is 0 Å². The van der Waals surface area contributed by atoms with Crippen LogP contribution in [0.3, 0.4) is 0 Å². The molecule has 0 saturated carbocycles. The van der Waals surface area contributed by atoms with Crippen LogP contribution in [0.4, 0.5) is 0 Å². The molecule has 2 heteroatoms. The van der Waals surface area contributed by atoms with Crippen LogP contribution in [0.25, 0.3) is 0 Å². The number of hydrogen-bond donors (Lipinski definition) is 0. The van der Waals surface area contributed by atoms with Gasteiger partial charge in [-0.15, -0.1) is 0 Å². The second-order valence-electron chi connectivity index (χ2n) is 5.91. The summed E-state index contributed by atoms with van der Waals surface area (Å²) >= 11 is 0.582. The van der Waals surface area contributed by atoms with Gasteiger partial charge in [0.15, 0.2) is 0 Å². The minimum atomic E-state index is -1.92. The average molecular weight is 485 g/mol. The van der Waals surface area contributed by atoms with Crippen LogP contribution in [0, 0.1) is 0 Å². The van der Waals surface area contributed by atoms with Crippen LogP contribution in [0.5, 0.6) is 0 Å². The van der Waals surface area contributed by atoms with Gasteiger partial charge >= 0.3 is 141 Å². The van der Waals surface area contributed by atoms with Crippen molar-refractivity contribution < 1.29 is 0 Å². The fourth-order valence-electron chi connectivity index (χ4n) is 2.74. The molecule has 19 heavy (non-hydrogen) atoms. The number of allylic oxidation sites excluding steroid dienone is 1. The predicted molar refractivity (Wildman–Crippen MR) is 102 cm³/mol. The molecule has 0 aromatic carbocycles. The molecule has 0 heterocycles. The quantitative estimate of drug-likeness (QED) is 0.113. The van der Waals surface area contributed by atoms with Crippen molar-refractivity contribution >= 4 is 41.0 Å². The van der Waals surface area contributed by atoms with Gasteiger partial charge in [-0.2, -0.15) is 0 Å². The molecule has 0 aliphatic heterocycles. The Hall–Kier alpha value is 1.27. The van der Waals surface area contributed by atoms with Crippen LogP contribution < -0.4 is 0 Å². The standard InChI is InChI=1S/C5H8I.3C4H9.Sn/c1-2-3-4-5-6;3*1-3-4-2;/h1-2H,3-5H2;3*1,3-4H2,2H3;. The molecule has 0 spiro atoms. The third-order valence-corrected chi connectivity index (χ3v) is 19.1. The SMILES string of the molecule is CCC[CH2][Sn](/[CH]=C\CCCI)([CH2]CCC)[CH2]CCC. The van der Waals surface area contributed by atoms with Gasteiger partial charge in [0.25, 0.3) is 0 Å². The van der Waals surface area contributed by atoms with E-state index >= 15 is 0 Å². The van der Waals surface area contributed by atoms with E-state index in [1.54, 1.807) is 13.3 Å². The molecular weight excluding hydrogens is 450 g/mol. The fraction of sp³-hybridized carbons (Fsp3) is 0.882. The number of alkyl halides is 1. The van der Waals surface area contributed by atoms with Crippen molar-refractivity contribution in [2.45, 2.75) is 85.4 Å². The van der Waals surface area contributed by atoms with Gasteiger partial charge in [-0.25, -0.2) is 0 Å². The summed E-state index contributed by atoms with van der Waals surface area (Å²) in [5.74, 6) is 0. The molecule has 0 fully saturated rings. The van der Waals surface area contributed by atoms with Gasteiger partial charge in [-0.05, 0) is 0 Å². The van der Waals surface area contributed by atoms with Crippen molar-refractivity contribution in [3.63, 3.8) is 0 Å². The molecule has 0 N–H and O–H groups in total. The Balaban J connectivity index is 4.60. The number of halogens is 1. The van der Waals surface area contributed by atoms with E-state index in [0.717, 1.165) is 0 Å². The molecular formula is C17H35ISn. The zero-order valence-corrected chi connectivity index (χ0v) is 18.5. The van der Waals surface area contributed by atoms with Crippen LogP contribution in [0.1, 0.15) is 72.1 Å². The van der Waals surface area contributed by atoms with E-state index in [4.69, 9.17) is 0 Å². The van der Waals surface area contributed by atoms with E-state index in [1.807, 2.05) is 0 Å². The zero-order chi connectivity index (χ0) is 14.4. The first-order chi connectivity index (χ1) is 9.24. The van der Waals surface area contributed by atoms with Gasteiger partial charge < -0.3 is 0 Å². The number of rotatable bonds is 13. The van der Waals surface area contributed by atoms with E-state index in [0.29, 0.717) is 0 Å². The molecule has 0 aliphatic carbocycles. The van der Waals surface area contributed by atoms with Gasteiger partial charge in [-0.3, -0.25) is 0 Å². The summed E-state index contributed by atoms with van der Waals surface area (Å²) in [6.45, 7) is 7.07. The summed E-state index contributed by atoms with van der Waals surface area (Å²) in [5, 5.41) is 0. The van der Waals surface area contributed by atoms with Crippen LogP contribution in [-0.2, 0) is 0 Å². The van der Waals surface area contributed by atoms with Gasteiger partial charge in [0.05, 0.1) is 0 Å². The molecule has 0 amide bonds. The topological polar surface area (TPSA) is 0 Å². The Labute approximate surface area is 140 Å². The zero-order valence-electron chi connectivity index (χ0n) is 13.5. The van der Waals surface area contributed by atoms with Gasteiger partial charge in [-0.1, -0.05) is 0 Å².